The molecule has 0 fully saturated rings. The summed E-state index contributed by atoms with van der Waals surface area (Å²) in [5.74, 6) is 0. The van der Waals surface area contributed by atoms with Crippen LogP contribution in [-0.2, 0) is 0 Å². The first-order valence-corrected chi connectivity index (χ1v) is 12.4. The Morgan fingerprint density at radius 1 is 1.00 bits per heavy atom. The van der Waals surface area contributed by atoms with Crippen molar-refractivity contribution in [1.29, 1.82) is 0 Å². The largest absolute Gasteiger partial charge is 0.394 e. The molecule has 0 saturated carbocycles. The fourth-order valence-corrected chi connectivity index (χ4v) is 13.8. The minimum Gasteiger partial charge on any atom is -0.394 e. The van der Waals surface area contributed by atoms with Gasteiger partial charge in [0.25, 0.3) is 0 Å². The van der Waals surface area contributed by atoms with E-state index in [0.29, 0.717) is 6.42 Å². The maximum Gasteiger partial charge on any atom is 0.0813 e. The van der Waals surface area contributed by atoms with Gasteiger partial charge >= 0.3 is 0 Å². The molecule has 0 radical (unpaired) electrons. The molecule has 14 heavy (non-hydrogen) atoms. The summed E-state index contributed by atoms with van der Waals surface area (Å²) in [6.07, 6.45) is 0.0891. The molecule has 0 aromatic carbocycles. The van der Waals surface area contributed by atoms with Crippen molar-refractivity contribution in [1.82, 2.24) is 0 Å². The number of hydrogen-bond acceptors (Lipinski definition) is 2. The third-order valence-electron chi connectivity index (χ3n) is 3.16. The molecule has 0 rings (SSSR count). The first kappa shape index (κ1) is 14.4. The van der Waals surface area contributed by atoms with Crippen molar-refractivity contribution >= 4 is 16.1 Å². The maximum absolute atomic E-state index is 10.8. The van der Waals surface area contributed by atoms with Crippen molar-refractivity contribution in [3.05, 3.63) is 0 Å². The number of hydrogen-bond donors (Lipinski definition) is 2. The van der Waals surface area contributed by atoms with Gasteiger partial charge in [0.1, 0.15) is 0 Å². The predicted octanol–water partition coefficient (Wildman–Crippen LogP) is 2.24. The van der Waals surface area contributed by atoms with Crippen molar-refractivity contribution in [3.8, 4) is 0 Å². The lowest BCUT2D eigenvalue weighted by Gasteiger charge is -2.50. The van der Waals surface area contributed by atoms with Gasteiger partial charge in [-0.15, -0.1) is 0 Å². The van der Waals surface area contributed by atoms with Crippen LogP contribution in [0.1, 0.15) is 13.3 Å². The summed E-state index contributed by atoms with van der Waals surface area (Å²) in [7, 11) is -3.53. The normalized spacial score (nSPS) is 16.9. The van der Waals surface area contributed by atoms with Crippen molar-refractivity contribution in [2.45, 2.75) is 63.6 Å². The summed E-state index contributed by atoms with van der Waals surface area (Å²) in [6, 6.07) is 0. The van der Waals surface area contributed by atoms with Crippen LogP contribution in [-0.4, -0.2) is 37.3 Å². The summed E-state index contributed by atoms with van der Waals surface area (Å²) >= 11 is 0. The van der Waals surface area contributed by atoms with E-state index in [1.54, 1.807) is 0 Å². The Balaban J connectivity index is 5.29. The summed E-state index contributed by atoms with van der Waals surface area (Å²) in [5, 5.41) is 20.9. The Kier molecular flexibility index (Phi) is 4.18. The summed E-state index contributed by atoms with van der Waals surface area (Å²) in [4.78, 5) is -0.783. The second-order valence-electron chi connectivity index (χ2n) is 6.19. The van der Waals surface area contributed by atoms with E-state index in [1.807, 2.05) is 6.92 Å². The number of aliphatic hydroxyl groups excluding tert-OH is 1. The SMILES string of the molecule is CCC(O)C(O)([Si](C)(C)C)[Si](C)(C)C. The molecule has 1 atom stereocenters. The van der Waals surface area contributed by atoms with Crippen LogP contribution in [0.3, 0.4) is 0 Å². The zero-order valence-electron chi connectivity index (χ0n) is 10.7. The molecule has 0 aliphatic rings. The molecule has 0 aliphatic carbocycles. The molecule has 2 N–H and O–H groups in total. The monoisotopic (exact) mass is 234 g/mol. The highest BCUT2D eigenvalue weighted by Crippen LogP contribution is 2.35. The van der Waals surface area contributed by atoms with Crippen LogP contribution in [0.2, 0.25) is 39.3 Å². The van der Waals surface area contributed by atoms with Crippen LogP contribution >= 0.6 is 0 Å². The molecule has 0 bridgehead atoms. The van der Waals surface area contributed by atoms with E-state index in [2.05, 4.69) is 39.3 Å². The van der Waals surface area contributed by atoms with E-state index in [9.17, 15) is 10.2 Å². The molecular weight excluding hydrogens is 208 g/mol. The first-order valence-electron chi connectivity index (χ1n) is 5.39. The van der Waals surface area contributed by atoms with E-state index >= 15 is 0 Å². The molecule has 4 heteroatoms. The van der Waals surface area contributed by atoms with E-state index in [0.717, 1.165) is 0 Å². The quantitative estimate of drug-likeness (QED) is 0.733. The molecule has 86 valence electrons. The topological polar surface area (TPSA) is 40.5 Å². The highest BCUT2D eigenvalue weighted by atomic mass is 28.4. The lowest BCUT2D eigenvalue weighted by molar-refractivity contribution is 0.0241. The second kappa shape index (κ2) is 4.08. The minimum absolute atomic E-state index is 0.555. The molecule has 0 spiro atoms. The smallest absolute Gasteiger partial charge is 0.0813 e. The van der Waals surface area contributed by atoms with Gasteiger partial charge in [-0.2, -0.15) is 0 Å². The Labute approximate surface area is 90.4 Å². The average Bonchev–Trinajstić information content (AvgIpc) is 1.97. The van der Waals surface area contributed by atoms with Crippen LogP contribution in [0.4, 0.5) is 0 Å². The summed E-state index contributed by atoms with van der Waals surface area (Å²) in [5.41, 5.74) is 0. The first-order chi connectivity index (χ1) is 5.98. The van der Waals surface area contributed by atoms with Gasteiger partial charge in [0.2, 0.25) is 0 Å². The van der Waals surface area contributed by atoms with Gasteiger partial charge < -0.3 is 10.2 Å². The molecule has 0 aromatic rings. The fourth-order valence-electron chi connectivity index (χ4n) is 2.42. The third kappa shape index (κ3) is 2.29. The highest BCUT2D eigenvalue weighted by molar-refractivity contribution is 6.98. The molecular formula is C10H26O2Si2. The lowest BCUT2D eigenvalue weighted by atomic mass is 10.3. The predicted molar refractivity (Wildman–Crippen MR) is 67.9 cm³/mol. The van der Waals surface area contributed by atoms with Gasteiger partial charge in [-0.25, -0.2) is 0 Å². The van der Waals surface area contributed by atoms with Crippen molar-refractivity contribution in [3.63, 3.8) is 0 Å². The van der Waals surface area contributed by atoms with Crippen LogP contribution in [0.15, 0.2) is 0 Å². The molecule has 2 nitrogen and oxygen atoms in total. The summed E-state index contributed by atoms with van der Waals surface area (Å²) < 4.78 is 0. The van der Waals surface area contributed by atoms with E-state index in [-0.39, 0.29) is 0 Å². The van der Waals surface area contributed by atoms with Crippen LogP contribution < -0.4 is 0 Å². The van der Waals surface area contributed by atoms with Crippen LogP contribution in [0, 0.1) is 0 Å². The van der Waals surface area contributed by atoms with Crippen LogP contribution in [0.25, 0.3) is 0 Å². The van der Waals surface area contributed by atoms with E-state index in [1.165, 1.54) is 0 Å². The summed E-state index contributed by atoms with van der Waals surface area (Å²) in [6.45, 7) is 14.8. The zero-order valence-corrected chi connectivity index (χ0v) is 12.7. The molecule has 1 unspecified atom stereocenters. The van der Waals surface area contributed by atoms with Gasteiger partial charge in [-0.05, 0) is 6.42 Å². The maximum atomic E-state index is 10.8. The Hall–Kier alpha value is 0.354. The van der Waals surface area contributed by atoms with Gasteiger partial charge in [0, 0.05) is 0 Å². The number of aliphatic hydroxyl groups is 2. The van der Waals surface area contributed by atoms with Crippen LogP contribution in [0.5, 0.6) is 0 Å². The molecule has 0 heterocycles. The Morgan fingerprint density at radius 3 is 1.36 bits per heavy atom. The highest BCUT2D eigenvalue weighted by Gasteiger charge is 2.55. The van der Waals surface area contributed by atoms with Crippen molar-refractivity contribution in [2.24, 2.45) is 0 Å². The van der Waals surface area contributed by atoms with Crippen molar-refractivity contribution in [2.75, 3.05) is 0 Å². The van der Waals surface area contributed by atoms with E-state index in [4.69, 9.17) is 0 Å². The molecule has 0 aromatic heterocycles. The fraction of sp³-hybridized carbons (Fsp3) is 1.00. The zero-order chi connectivity index (χ0) is 11.8. The molecule has 0 saturated heterocycles. The average molecular weight is 234 g/mol. The van der Waals surface area contributed by atoms with E-state index < -0.39 is 27.1 Å². The minimum atomic E-state index is -1.76. The Bertz CT molecular complexity index is 177. The molecule has 0 aliphatic heterocycles. The number of rotatable bonds is 4. The Morgan fingerprint density at radius 2 is 1.29 bits per heavy atom. The van der Waals surface area contributed by atoms with Crippen molar-refractivity contribution < 1.29 is 10.2 Å². The second-order valence-corrected chi connectivity index (χ2v) is 17.2. The molecule has 0 amide bonds. The third-order valence-corrected chi connectivity index (χ3v) is 12.9. The van der Waals surface area contributed by atoms with Gasteiger partial charge in [0.15, 0.2) is 0 Å². The van der Waals surface area contributed by atoms with Gasteiger partial charge in [-0.1, -0.05) is 46.2 Å². The standard InChI is InChI=1S/C10H26O2Si2/c1-8-9(11)10(12,13(2,3)4)14(5,6)7/h9,11-12H,8H2,1-7H3. The lowest BCUT2D eigenvalue weighted by Crippen LogP contribution is -2.72. The van der Waals surface area contributed by atoms with Gasteiger partial charge in [-0.3, -0.25) is 0 Å². The van der Waals surface area contributed by atoms with Gasteiger partial charge in [0.05, 0.1) is 27.1 Å².